The molecule has 0 saturated carbocycles. The number of anilines is 3. The molecule has 1 aliphatic rings. The minimum Gasteiger partial charge on any atom is -0.396 e. The zero-order chi connectivity index (χ0) is 14.0. The van der Waals surface area contributed by atoms with Gasteiger partial charge >= 0.3 is 0 Å². The SMILES string of the molecule is CN1CN(C(O)OCCCO)c2nc(N)[nH]c(=O)c21. The number of aliphatic hydroxyl groups is 2. The molecule has 0 amide bonds. The third-order valence-corrected chi connectivity index (χ3v) is 2.75. The molecular formula is C10H17N5O4. The molecule has 0 aliphatic carbocycles. The predicted octanol–water partition coefficient (Wildman–Crippen LogP) is -1.76. The maximum atomic E-state index is 11.8. The normalized spacial score (nSPS) is 15.7. The van der Waals surface area contributed by atoms with Gasteiger partial charge in [-0.3, -0.25) is 14.7 Å². The molecule has 1 aromatic heterocycles. The Kier molecular flexibility index (Phi) is 3.88. The van der Waals surface area contributed by atoms with Crippen LogP contribution in [0, 0.1) is 0 Å². The number of hydrogen-bond donors (Lipinski definition) is 4. The first-order valence-corrected chi connectivity index (χ1v) is 5.82. The monoisotopic (exact) mass is 271 g/mol. The number of nitrogen functional groups attached to an aromatic ring is 1. The third kappa shape index (κ3) is 2.62. The second kappa shape index (κ2) is 5.43. The first kappa shape index (κ1) is 13.6. The summed E-state index contributed by atoms with van der Waals surface area (Å²) in [5.74, 6) is 0.256. The number of nitrogens with one attached hydrogen (secondary N) is 1. The van der Waals surface area contributed by atoms with E-state index < -0.39 is 6.41 Å². The number of fused-ring (bicyclic) bond motifs is 1. The maximum Gasteiger partial charge on any atom is 0.278 e. The molecule has 1 aromatic rings. The summed E-state index contributed by atoms with van der Waals surface area (Å²) >= 11 is 0. The summed E-state index contributed by atoms with van der Waals surface area (Å²) < 4.78 is 5.15. The number of hydrogen-bond acceptors (Lipinski definition) is 8. The van der Waals surface area contributed by atoms with Crippen LogP contribution in [0.25, 0.3) is 0 Å². The summed E-state index contributed by atoms with van der Waals surface area (Å²) in [5, 5.41) is 18.6. The van der Waals surface area contributed by atoms with Crippen LogP contribution in [0.3, 0.4) is 0 Å². The molecule has 2 rings (SSSR count). The standard InChI is InChI=1S/C10H17N5O4/c1-14-5-15(10(18)19-4-2-3-16)7-6(14)8(17)13-9(11)12-7/h10,16,18H,2-5H2,1H3,(H3,11,12,13,17). The minimum atomic E-state index is -1.25. The lowest BCUT2D eigenvalue weighted by molar-refractivity contribution is -0.101. The molecule has 19 heavy (non-hydrogen) atoms. The van der Waals surface area contributed by atoms with E-state index in [0.29, 0.717) is 12.1 Å². The highest BCUT2D eigenvalue weighted by Crippen LogP contribution is 2.30. The fourth-order valence-corrected chi connectivity index (χ4v) is 1.90. The van der Waals surface area contributed by atoms with Crippen molar-refractivity contribution < 1.29 is 14.9 Å². The zero-order valence-corrected chi connectivity index (χ0v) is 10.5. The van der Waals surface area contributed by atoms with Crippen molar-refractivity contribution in [3.63, 3.8) is 0 Å². The van der Waals surface area contributed by atoms with E-state index in [1.807, 2.05) is 0 Å². The predicted molar refractivity (Wildman–Crippen MR) is 68.7 cm³/mol. The summed E-state index contributed by atoms with van der Waals surface area (Å²) in [4.78, 5) is 21.2. The maximum absolute atomic E-state index is 11.8. The lowest BCUT2D eigenvalue weighted by Crippen LogP contribution is -2.39. The van der Waals surface area contributed by atoms with Gasteiger partial charge in [0.25, 0.3) is 5.56 Å². The molecule has 0 radical (unpaired) electrons. The summed E-state index contributed by atoms with van der Waals surface area (Å²) in [5.41, 5.74) is 5.46. The number of aromatic nitrogens is 2. The van der Waals surface area contributed by atoms with Gasteiger partial charge in [-0.05, 0) is 6.42 Å². The van der Waals surface area contributed by atoms with Crippen LogP contribution in [0.5, 0.6) is 0 Å². The molecule has 0 spiro atoms. The Morgan fingerprint density at radius 2 is 2.37 bits per heavy atom. The van der Waals surface area contributed by atoms with Gasteiger partial charge in [0.1, 0.15) is 5.69 Å². The molecular weight excluding hydrogens is 254 g/mol. The number of aromatic amines is 1. The summed E-state index contributed by atoms with van der Waals surface area (Å²) in [6, 6.07) is 0. The molecule has 1 aliphatic heterocycles. The van der Waals surface area contributed by atoms with Crippen LogP contribution in [0.2, 0.25) is 0 Å². The van der Waals surface area contributed by atoms with Gasteiger partial charge in [0.2, 0.25) is 12.4 Å². The number of H-pyrrole nitrogens is 1. The molecule has 2 heterocycles. The van der Waals surface area contributed by atoms with E-state index in [1.54, 1.807) is 11.9 Å². The Bertz CT molecular complexity index is 505. The van der Waals surface area contributed by atoms with E-state index in [1.165, 1.54) is 4.90 Å². The summed E-state index contributed by atoms with van der Waals surface area (Å²) in [7, 11) is 1.70. The number of aliphatic hydroxyl groups excluding tert-OH is 2. The fraction of sp³-hybridized carbons (Fsp3) is 0.600. The van der Waals surface area contributed by atoms with Crippen LogP contribution in [-0.4, -0.2) is 53.5 Å². The number of nitrogens with zero attached hydrogens (tertiary/aromatic N) is 3. The van der Waals surface area contributed by atoms with E-state index in [9.17, 15) is 9.90 Å². The van der Waals surface area contributed by atoms with E-state index >= 15 is 0 Å². The third-order valence-electron chi connectivity index (χ3n) is 2.75. The Labute approximate surface area is 109 Å². The quantitative estimate of drug-likeness (QED) is 0.366. The largest absolute Gasteiger partial charge is 0.396 e. The van der Waals surface area contributed by atoms with Crippen molar-refractivity contribution in [2.45, 2.75) is 12.8 Å². The average Bonchev–Trinajstić information content (AvgIpc) is 2.66. The lowest BCUT2D eigenvalue weighted by atomic mass is 10.4. The van der Waals surface area contributed by atoms with E-state index in [2.05, 4.69) is 9.97 Å². The van der Waals surface area contributed by atoms with Crippen molar-refractivity contribution in [2.75, 3.05) is 42.5 Å². The Morgan fingerprint density at radius 1 is 1.63 bits per heavy atom. The topological polar surface area (TPSA) is 128 Å². The average molecular weight is 271 g/mol. The van der Waals surface area contributed by atoms with E-state index in [-0.39, 0.29) is 37.2 Å². The highest BCUT2D eigenvalue weighted by Gasteiger charge is 2.32. The Hall–Kier alpha value is -1.84. The van der Waals surface area contributed by atoms with Crippen LogP contribution in [-0.2, 0) is 4.74 Å². The van der Waals surface area contributed by atoms with Gasteiger partial charge in [-0.25, -0.2) is 0 Å². The smallest absolute Gasteiger partial charge is 0.278 e. The highest BCUT2D eigenvalue weighted by atomic mass is 16.6. The summed E-state index contributed by atoms with van der Waals surface area (Å²) in [6.07, 6.45) is -0.831. The van der Waals surface area contributed by atoms with Gasteiger partial charge in [0.05, 0.1) is 13.3 Å². The second-order valence-electron chi connectivity index (χ2n) is 4.21. The fourth-order valence-electron chi connectivity index (χ4n) is 1.90. The lowest BCUT2D eigenvalue weighted by Gasteiger charge is -2.24. The van der Waals surface area contributed by atoms with Crippen LogP contribution in [0.1, 0.15) is 6.42 Å². The number of ether oxygens (including phenoxy) is 1. The molecule has 5 N–H and O–H groups in total. The zero-order valence-electron chi connectivity index (χ0n) is 10.5. The van der Waals surface area contributed by atoms with Crippen LogP contribution in [0.15, 0.2) is 4.79 Å². The van der Waals surface area contributed by atoms with Gasteiger partial charge in [-0.1, -0.05) is 0 Å². The van der Waals surface area contributed by atoms with E-state index in [0.717, 1.165) is 0 Å². The molecule has 1 atom stereocenters. The van der Waals surface area contributed by atoms with Crippen molar-refractivity contribution >= 4 is 17.5 Å². The van der Waals surface area contributed by atoms with Crippen molar-refractivity contribution in [3.8, 4) is 0 Å². The molecule has 0 aromatic carbocycles. The van der Waals surface area contributed by atoms with Gasteiger partial charge in [-0.2, -0.15) is 4.98 Å². The van der Waals surface area contributed by atoms with Crippen LogP contribution < -0.4 is 21.1 Å². The van der Waals surface area contributed by atoms with Gasteiger partial charge in [0, 0.05) is 13.7 Å². The van der Waals surface area contributed by atoms with Crippen LogP contribution >= 0.6 is 0 Å². The van der Waals surface area contributed by atoms with Gasteiger partial charge in [-0.15, -0.1) is 0 Å². The molecule has 9 nitrogen and oxygen atoms in total. The number of nitrogens with two attached hydrogens (primary N) is 1. The molecule has 0 saturated heterocycles. The number of rotatable bonds is 5. The molecule has 1 unspecified atom stereocenters. The van der Waals surface area contributed by atoms with Crippen molar-refractivity contribution in [3.05, 3.63) is 10.4 Å². The van der Waals surface area contributed by atoms with Crippen LogP contribution in [0.4, 0.5) is 17.5 Å². The van der Waals surface area contributed by atoms with Crippen molar-refractivity contribution in [1.29, 1.82) is 0 Å². The summed E-state index contributed by atoms with van der Waals surface area (Å²) in [6.45, 7) is 0.440. The molecule has 0 bridgehead atoms. The minimum absolute atomic E-state index is 0.0198. The highest BCUT2D eigenvalue weighted by molar-refractivity contribution is 5.72. The first-order chi connectivity index (χ1) is 9.04. The van der Waals surface area contributed by atoms with E-state index in [4.69, 9.17) is 15.6 Å². The molecule has 9 heteroatoms. The van der Waals surface area contributed by atoms with Crippen molar-refractivity contribution in [2.24, 2.45) is 0 Å². The Balaban J connectivity index is 2.21. The van der Waals surface area contributed by atoms with Gasteiger partial charge in [0.15, 0.2) is 5.82 Å². The molecule has 0 fully saturated rings. The molecule has 106 valence electrons. The van der Waals surface area contributed by atoms with Gasteiger partial charge < -0.3 is 25.6 Å². The Morgan fingerprint density at radius 3 is 3.05 bits per heavy atom. The first-order valence-electron chi connectivity index (χ1n) is 5.82. The second-order valence-corrected chi connectivity index (χ2v) is 4.21. The van der Waals surface area contributed by atoms with Crippen molar-refractivity contribution in [1.82, 2.24) is 9.97 Å².